The van der Waals surface area contributed by atoms with E-state index in [2.05, 4.69) is 278 Å². The normalized spacial score (nSPS) is 14.0. The highest BCUT2D eigenvalue weighted by Gasteiger charge is 2.51. The highest BCUT2D eigenvalue weighted by molar-refractivity contribution is 7.99. The maximum atomic E-state index is 6.91. The Labute approximate surface area is 439 Å². The van der Waals surface area contributed by atoms with Crippen LogP contribution in [0.5, 0.6) is 0 Å². The quantitative estimate of drug-likeness (QED) is 0.165. The molecule has 75 heavy (non-hydrogen) atoms. The van der Waals surface area contributed by atoms with E-state index in [0.29, 0.717) is 0 Å². The molecule has 0 saturated carbocycles. The third kappa shape index (κ3) is 5.87. The molecule has 0 radical (unpaired) electrons. The lowest BCUT2D eigenvalue weighted by Gasteiger charge is -2.39. The van der Waals surface area contributed by atoms with Crippen LogP contribution in [0.4, 0.5) is 17.1 Å². The average molecular weight is 972 g/mol. The first-order valence-electron chi connectivity index (χ1n) is 25.9. The highest BCUT2D eigenvalue weighted by atomic mass is 32.2. The van der Waals surface area contributed by atoms with Gasteiger partial charge in [0.1, 0.15) is 11.2 Å². The summed E-state index contributed by atoms with van der Waals surface area (Å²) in [5.74, 6) is 0. The van der Waals surface area contributed by atoms with E-state index in [1.54, 1.807) is 0 Å². The smallest absolute Gasteiger partial charge is 0.143 e. The molecule has 2 aliphatic carbocycles. The lowest BCUT2D eigenvalue weighted by molar-refractivity contribution is 0.672. The molecule has 1 aromatic heterocycles. The van der Waals surface area contributed by atoms with Gasteiger partial charge in [0.05, 0.1) is 10.8 Å². The molecular weight excluding hydrogens is 927 g/mol. The molecule has 16 rings (SSSR count). The van der Waals surface area contributed by atoms with E-state index in [1.807, 2.05) is 11.8 Å². The molecule has 0 fully saturated rings. The summed E-state index contributed by atoms with van der Waals surface area (Å²) in [5, 5.41) is 4.51. The summed E-state index contributed by atoms with van der Waals surface area (Å²) in [6.45, 7) is 0. The first kappa shape index (κ1) is 42.4. The van der Waals surface area contributed by atoms with Crippen molar-refractivity contribution in [2.24, 2.45) is 0 Å². The Bertz CT molecular complexity index is 4370. The third-order valence-corrected chi connectivity index (χ3v) is 17.8. The van der Waals surface area contributed by atoms with Crippen LogP contribution in [0, 0.1) is 0 Å². The van der Waals surface area contributed by atoms with E-state index >= 15 is 0 Å². The second-order valence-electron chi connectivity index (χ2n) is 20.2. The fourth-order valence-electron chi connectivity index (χ4n) is 13.6. The second-order valence-corrected chi connectivity index (χ2v) is 21.3. The molecule has 0 atom stereocenters. The predicted molar refractivity (Wildman–Crippen MR) is 310 cm³/mol. The molecule has 1 aliphatic heterocycles. The SMILES string of the molecule is c1ccc(C2(c3ccccc3)c3ccccc3-c3ccc(N(c4ccc(-c5cccc6c5-c5ccccc5C65c6ccccc6Sc6ccccc65)cc4)c4ccc5c(c4)oc4c6ccccc6ccc54)cc32)cc1. The van der Waals surface area contributed by atoms with Crippen LogP contribution < -0.4 is 4.90 Å². The van der Waals surface area contributed by atoms with Crippen molar-refractivity contribution in [2.75, 3.05) is 4.90 Å². The van der Waals surface area contributed by atoms with Crippen LogP contribution in [-0.2, 0) is 10.8 Å². The number of hydrogen-bond donors (Lipinski definition) is 0. The molecular formula is C72H45NOS. The zero-order valence-electron chi connectivity index (χ0n) is 40.7. The van der Waals surface area contributed by atoms with Gasteiger partial charge in [0.15, 0.2) is 0 Å². The lowest BCUT2D eigenvalue weighted by Crippen LogP contribution is -2.31. The van der Waals surface area contributed by atoms with E-state index in [9.17, 15) is 0 Å². The minimum Gasteiger partial charge on any atom is -0.455 e. The van der Waals surface area contributed by atoms with Crippen LogP contribution in [0.25, 0.3) is 66.1 Å². The van der Waals surface area contributed by atoms with Gasteiger partial charge in [0.25, 0.3) is 0 Å². The second kappa shape index (κ2) is 16.2. The Morgan fingerprint density at radius 1 is 0.320 bits per heavy atom. The first-order valence-corrected chi connectivity index (χ1v) is 26.7. The maximum absolute atomic E-state index is 6.91. The minimum absolute atomic E-state index is 0.444. The Morgan fingerprint density at radius 3 is 1.59 bits per heavy atom. The zero-order chi connectivity index (χ0) is 49.2. The van der Waals surface area contributed by atoms with Gasteiger partial charge < -0.3 is 9.32 Å². The lowest BCUT2D eigenvalue weighted by atomic mass is 9.67. The van der Waals surface area contributed by atoms with E-state index in [-0.39, 0.29) is 0 Å². The number of fused-ring (bicyclic) bond motifs is 17. The van der Waals surface area contributed by atoms with Crippen molar-refractivity contribution in [1.29, 1.82) is 0 Å². The standard InChI is InChI=1S/C72H45NOS/c1-3-19-48(20-4-1)71(49-21-5-2-6-22-49)60-27-11-9-24-55(60)56-42-39-51(44-65(56)71)73(52-40-43-57-58-41-36-46-18-7-8-23-54(46)70(58)74-66(57)45-52)50-37-34-47(35-38-50)53-26-17-31-64-69(53)59-25-10-12-28-61(59)72(64)62-29-13-15-32-67(62)75-68-33-16-14-30-63(68)72/h1-45H. The van der Waals surface area contributed by atoms with Crippen molar-refractivity contribution in [3.8, 4) is 33.4 Å². The minimum atomic E-state index is -0.552. The predicted octanol–water partition coefficient (Wildman–Crippen LogP) is 19.1. The van der Waals surface area contributed by atoms with Crippen LogP contribution in [0.2, 0.25) is 0 Å². The number of nitrogens with zero attached hydrogens (tertiary/aromatic N) is 1. The molecule has 12 aromatic carbocycles. The van der Waals surface area contributed by atoms with Crippen LogP contribution in [0.15, 0.2) is 287 Å². The van der Waals surface area contributed by atoms with Gasteiger partial charge >= 0.3 is 0 Å². The van der Waals surface area contributed by atoms with Gasteiger partial charge in [0, 0.05) is 49.1 Å². The molecule has 0 N–H and O–H groups in total. The van der Waals surface area contributed by atoms with E-state index in [0.717, 1.165) is 44.4 Å². The number of rotatable bonds is 6. The van der Waals surface area contributed by atoms with Gasteiger partial charge in [-0.2, -0.15) is 0 Å². The Hall–Kier alpha value is -9.15. The van der Waals surface area contributed by atoms with Crippen molar-refractivity contribution in [3.05, 3.63) is 317 Å². The summed E-state index contributed by atoms with van der Waals surface area (Å²) in [4.78, 5) is 5.04. The summed E-state index contributed by atoms with van der Waals surface area (Å²) in [6, 6.07) is 101. The molecule has 0 bridgehead atoms. The summed E-state index contributed by atoms with van der Waals surface area (Å²) in [6.07, 6.45) is 0. The number of anilines is 3. The van der Waals surface area contributed by atoms with Crippen molar-refractivity contribution in [3.63, 3.8) is 0 Å². The Kier molecular flexibility index (Phi) is 9.14. The molecule has 0 saturated heterocycles. The maximum Gasteiger partial charge on any atom is 0.143 e. The van der Waals surface area contributed by atoms with Gasteiger partial charge in [-0.25, -0.2) is 0 Å². The molecule has 0 amide bonds. The summed E-state index contributed by atoms with van der Waals surface area (Å²) < 4.78 is 6.91. The van der Waals surface area contributed by atoms with Crippen molar-refractivity contribution in [2.45, 2.75) is 20.6 Å². The fourth-order valence-corrected chi connectivity index (χ4v) is 14.8. The van der Waals surface area contributed by atoms with Gasteiger partial charge in [-0.05, 0) is 138 Å². The number of furan rings is 1. The van der Waals surface area contributed by atoms with Crippen LogP contribution in [0.3, 0.4) is 0 Å². The molecule has 3 aliphatic rings. The third-order valence-electron chi connectivity index (χ3n) is 16.6. The van der Waals surface area contributed by atoms with Crippen LogP contribution in [0.1, 0.15) is 44.5 Å². The monoisotopic (exact) mass is 971 g/mol. The molecule has 2 nitrogen and oxygen atoms in total. The summed E-state index contributed by atoms with van der Waals surface area (Å²) in [5.41, 5.74) is 21.8. The summed E-state index contributed by atoms with van der Waals surface area (Å²) >= 11 is 1.89. The molecule has 350 valence electrons. The molecule has 13 aromatic rings. The van der Waals surface area contributed by atoms with E-state index in [1.165, 1.54) is 93.1 Å². The van der Waals surface area contributed by atoms with E-state index < -0.39 is 10.8 Å². The molecule has 3 heteroatoms. The van der Waals surface area contributed by atoms with Crippen molar-refractivity contribution < 1.29 is 4.42 Å². The Morgan fingerprint density at radius 2 is 0.853 bits per heavy atom. The fraction of sp³-hybridized carbons (Fsp3) is 0.0278. The van der Waals surface area contributed by atoms with Crippen molar-refractivity contribution in [1.82, 2.24) is 0 Å². The number of benzene rings is 12. The van der Waals surface area contributed by atoms with Crippen LogP contribution >= 0.6 is 11.8 Å². The molecule has 2 heterocycles. The van der Waals surface area contributed by atoms with Crippen LogP contribution in [-0.4, -0.2) is 0 Å². The highest BCUT2D eigenvalue weighted by Crippen LogP contribution is 2.64. The first-order chi connectivity index (χ1) is 37.2. The Balaban J connectivity index is 0.904. The average Bonchev–Trinajstić information content (AvgIpc) is 4.12. The largest absolute Gasteiger partial charge is 0.455 e. The summed E-state index contributed by atoms with van der Waals surface area (Å²) in [7, 11) is 0. The van der Waals surface area contributed by atoms with Gasteiger partial charge in [-0.15, -0.1) is 0 Å². The zero-order valence-corrected chi connectivity index (χ0v) is 41.6. The number of hydrogen-bond acceptors (Lipinski definition) is 3. The topological polar surface area (TPSA) is 16.4 Å². The van der Waals surface area contributed by atoms with Gasteiger partial charge in [-0.1, -0.05) is 224 Å². The van der Waals surface area contributed by atoms with Gasteiger partial charge in [0.2, 0.25) is 0 Å². The van der Waals surface area contributed by atoms with E-state index in [4.69, 9.17) is 4.42 Å². The molecule has 1 spiro atoms. The van der Waals surface area contributed by atoms with Crippen molar-refractivity contribution >= 4 is 61.5 Å². The molecule has 0 unspecified atom stereocenters. The van der Waals surface area contributed by atoms with Gasteiger partial charge in [-0.3, -0.25) is 0 Å².